The van der Waals surface area contributed by atoms with Gasteiger partial charge in [-0.2, -0.15) is 5.10 Å². The Morgan fingerprint density at radius 1 is 1.58 bits per heavy atom. The Morgan fingerprint density at radius 2 is 2.37 bits per heavy atom. The van der Waals surface area contributed by atoms with Crippen LogP contribution in [0.15, 0.2) is 15.5 Å². The van der Waals surface area contributed by atoms with Crippen molar-refractivity contribution in [1.82, 2.24) is 14.7 Å². The molecule has 1 atom stereocenters. The van der Waals surface area contributed by atoms with Gasteiger partial charge in [0.15, 0.2) is 0 Å². The molecule has 2 rings (SSSR count). The number of halogens is 1. The van der Waals surface area contributed by atoms with Crippen molar-refractivity contribution in [2.24, 2.45) is 13.0 Å². The van der Waals surface area contributed by atoms with Crippen LogP contribution in [0.1, 0.15) is 19.8 Å². The molecule has 0 aliphatic carbocycles. The van der Waals surface area contributed by atoms with Crippen LogP contribution in [0.5, 0.6) is 0 Å². The largest absolute Gasteiger partial charge is 0.382 e. The average Bonchev–Trinajstić information content (AvgIpc) is 2.83. The smallest absolute Gasteiger partial charge is 0.282 e. The predicted octanol–water partition coefficient (Wildman–Crippen LogP) is 1.69. The molecule has 0 bridgehead atoms. The van der Waals surface area contributed by atoms with E-state index in [1.54, 1.807) is 13.2 Å². The molecule has 6 heteroatoms. The lowest BCUT2D eigenvalue weighted by molar-refractivity contribution is 0.327. The number of nitrogens with zero attached hydrogens (tertiary/aromatic N) is 3. The molecule has 1 fully saturated rings. The van der Waals surface area contributed by atoms with Gasteiger partial charge in [-0.25, -0.2) is 4.68 Å². The van der Waals surface area contributed by atoms with Crippen molar-refractivity contribution in [3.8, 4) is 0 Å². The zero-order valence-corrected chi connectivity index (χ0v) is 13.1. The lowest BCUT2D eigenvalue weighted by atomic mass is 10.1. The zero-order chi connectivity index (χ0) is 13.8. The summed E-state index contributed by atoms with van der Waals surface area (Å²) in [6, 6.07) is 0. The van der Waals surface area contributed by atoms with Crippen LogP contribution >= 0.6 is 15.9 Å². The minimum atomic E-state index is -0.107. The summed E-state index contributed by atoms with van der Waals surface area (Å²) in [7, 11) is 1.65. The summed E-state index contributed by atoms with van der Waals surface area (Å²) in [5, 5.41) is 7.37. The molecular formula is C13H21BrN4O. The lowest BCUT2D eigenvalue weighted by Crippen LogP contribution is -2.25. The number of nitrogens with one attached hydrogen (secondary N) is 1. The van der Waals surface area contributed by atoms with Crippen LogP contribution in [0.3, 0.4) is 0 Å². The quantitative estimate of drug-likeness (QED) is 0.893. The van der Waals surface area contributed by atoms with Crippen molar-refractivity contribution in [2.45, 2.75) is 19.8 Å². The molecule has 1 aliphatic rings. The van der Waals surface area contributed by atoms with Gasteiger partial charge >= 0.3 is 0 Å². The van der Waals surface area contributed by atoms with Gasteiger partial charge in [0.05, 0.1) is 11.9 Å². The number of hydrogen-bond acceptors (Lipinski definition) is 4. The highest BCUT2D eigenvalue weighted by Crippen LogP contribution is 2.20. The van der Waals surface area contributed by atoms with Crippen LogP contribution in [-0.4, -0.2) is 40.9 Å². The summed E-state index contributed by atoms with van der Waals surface area (Å²) in [6.07, 6.45) is 4.14. The molecule has 0 saturated carbocycles. The van der Waals surface area contributed by atoms with Crippen molar-refractivity contribution in [3.05, 3.63) is 21.0 Å². The van der Waals surface area contributed by atoms with Gasteiger partial charge in [0.2, 0.25) is 0 Å². The maximum Gasteiger partial charge on any atom is 0.282 e. The van der Waals surface area contributed by atoms with Crippen molar-refractivity contribution in [2.75, 3.05) is 31.5 Å². The van der Waals surface area contributed by atoms with Gasteiger partial charge in [-0.15, -0.1) is 0 Å². The Morgan fingerprint density at radius 3 is 3.11 bits per heavy atom. The van der Waals surface area contributed by atoms with Crippen molar-refractivity contribution < 1.29 is 0 Å². The Bertz CT molecular complexity index is 488. The third-order valence-electron chi connectivity index (χ3n) is 3.57. The normalized spacial score (nSPS) is 19.8. The molecule has 2 heterocycles. The van der Waals surface area contributed by atoms with E-state index in [2.05, 4.69) is 38.2 Å². The fraction of sp³-hybridized carbons (Fsp3) is 0.692. The van der Waals surface area contributed by atoms with Crippen LogP contribution in [0.25, 0.3) is 0 Å². The van der Waals surface area contributed by atoms with Gasteiger partial charge in [-0.3, -0.25) is 4.79 Å². The summed E-state index contributed by atoms with van der Waals surface area (Å²) < 4.78 is 1.89. The van der Waals surface area contributed by atoms with Crippen molar-refractivity contribution in [3.63, 3.8) is 0 Å². The molecule has 19 heavy (non-hydrogen) atoms. The van der Waals surface area contributed by atoms with Gasteiger partial charge in [-0.1, -0.05) is 6.92 Å². The first-order valence-electron chi connectivity index (χ1n) is 6.79. The van der Waals surface area contributed by atoms with E-state index in [0.717, 1.165) is 18.8 Å². The predicted molar refractivity (Wildman–Crippen MR) is 80.5 cm³/mol. The molecule has 1 aromatic rings. The average molecular weight is 329 g/mol. The van der Waals surface area contributed by atoms with Crippen LogP contribution in [0, 0.1) is 5.92 Å². The highest BCUT2D eigenvalue weighted by Gasteiger charge is 2.21. The number of aromatic nitrogens is 2. The molecule has 106 valence electrons. The molecule has 1 N–H and O–H groups in total. The van der Waals surface area contributed by atoms with Gasteiger partial charge in [0, 0.05) is 20.1 Å². The summed E-state index contributed by atoms with van der Waals surface area (Å²) in [4.78, 5) is 14.2. The molecule has 1 aromatic heterocycles. The first-order valence-corrected chi connectivity index (χ1v) is 7.59. The summed E-state index contributed by atoms with van der Waals surface area (Å²) >= 11 is 3.33. The third-order valence-corrected chi connectivity index (χ3v) is 4.34. The molecule has 0 aromatic carbocycles. The zero-order valence-electron chi connectivity index (χ0n) is 11.5. The molecule has 0 spiro atoms. The summed E-state index contributed by atoms with van der Waals surface area (Å²) in [5.74, 6) is 0.655. The van der Waals surface area contributed by atoms with Gasteiger partial charge < -0.3 is 10.2 Å². The number of likely N-dealkylation sites (tertiary alicyclic amines) is 1. The molecule has 1 unspecified atom stereocenters. The Balaban J connectivity index is 1.90. The minimum Gasteiger partial charge on any atom is -0.382 e. The highest BCUT2D eigenvalue weighted by atomic mass is 79.9. The minimum absolute atomic E-state index is 0.107. The molecule has 0 amide bonds. The number of anilines is 1. The lowest BCUT2D eigenvalue weighted by Gasteiger charge is -2.16. The van der Waals surface area contributed by atoms with Crippen LogP contribution in [-0.2, 0) is 7.05 Å². The van der Waals surface area contributed by atoms with E-state index < -0.39 is 0 Å². The number of rotatable bonds is 5. The van der Waals surface area contributed by atoms with Gasteiger partial charge in [-0.05, 0) is 47.8 Å². The second-order valence-electron chi connectivity index (χ2n) is 5.14. The Kier molecular flexibility index (Phi) is 4.99. The third kappa shape index (κ3) is 3.57. The number of aryl methyl sites for hydroxylation is 1. The molecule has 1 saturated heterocycles. The molecule has 5 nitrogen and oxygen atoms in total. The Hall–Kier alpha value is -0.880. The maximum atomic E-state index is 11.7. The van der Waals surface area contributed by atoms with E-state index in [4.69, 9.17) is 0 Å². The topological polar surface area (TPSA) is 50.2 Å². The summed E-state index contributed by atoms with van der Waals surface area (Å²) in [5.41, 5.74) is 0.682. The molecular weight excluding hydrogens is 308 g/mol. The number of hydrogen-bond donors (Lipinski definition) is 1. The van der Waals surface area contributed by atoms with Crippen LogP contribution in [0.2, 0.25) is 0 Å². The fourth-order valence-electron chi connectivity index (χ4n) is 2.49. The van der Waals surface area contributed by atoms with E-state index in [0.29, 0.717) is 10.4 Å². The molecule has 1 aliphatic heterocycles. The van der Waals surface area contributed by atoms with E-state index >= 15 is 0 Å². The van der Waals surface area contributed by atoms with E-state index in [-0.39, 0.29) is 5.56 Å². The van der Waals surface area contributed by atoms with E-state index in [1.807, 2.05) is 0 Å². The second-order valence-corrected chi connectivity index (χ2v) is 5.93. The summed E-state index contributed by atoms with van der Waals surface area (Å²) in [6.45, 7) is 6.64. The van der Waals surface area contributed by atoms with Crippen LogP contribution in [0.4, 0.5) is 5.69 Å². The van der Waals surface area contributed by atoms with Crippen molar-refractivity contribution >= 4 is 21.6 Å². The second kappa shape index (κ2) is 6.52. The van der Waals surface area contributed by atoms with Crippen molar-refractivity contribution in [1.29, 1.82) is 0 Å². The van der Waals surface area contributed by atoms with Crippen LogP contribution < -0.4 is 10.9 Å². The van der Waals surface area contributed by atoms with Gasteiger partial charge in [0.25, 0.3) is 5.56 Å². The molecule has 0 radical (unpaired) electrons. The van der Waals surface area contributed by atoms with Gasteiger partial charge in [0.1, 0.15) is 4.47 Å². The van der Waals surface area contributed by atoms with E-state index in [1.165, 1.54) is 30.6 Å². The standard InChI is InChI=1S/C13H21BrN4O/c1-3-5-18-6-4-10(9-18)7-15-11-8-16-17(2)13(19)12(11)14/h8,10,15H,3-7,9H2,1-2H3. The fourth-order valence-corrected chi connectivity index (χ4v) is 2.99. The SMILES string of the molecule is CCCN1CCC(CNc2cnn(C)c(=O)c2Br)C1. The first kappa shape index (κ1) is 14.5. The monoisotopic (exact) mass is 328 g/mol. The first-order chi connectivity index (χ1) is 9.11. The Labute approximate surface area is 122 Å². The van der Waals surface area contributed by atoms with E-state index in [9.17, 15) is 4.79 Å². The maximum absolute atomic E-state index is 11.7. The highest BCUT2D eigenvalue weighted by molar-refractivity contribution is 9.10.